The Labute approximate surface area is 170 Å². The van der Waals surface area contributed by atoms with Crippen LogP contribution in [0.3, 0.4) is 0 Å². The highest BCUT2D eigenvalue weighted by molar-refractivity contribution is 7.20. The lowest BCUT2D eigenvalue weighted by molar-refractivity contribution is 0.235. The van der Waals surface area contributed by atoms with Crippen LogP contribution in [-0.4, -0.2) is 43.1 Å². The predicted octanol–water partition coefficient (Wildman–Crippen LogP) is 4.32. The van der Waals surface area contributed by atoms with Crippen molar-refractivity contribution in [3.05, 3.63) is 48.3 Å². The van der Waals surface area contributed by atoms with Gasteiger partial charge in [0.25, 0.3) is 0 Å². The zero-order chi connectivity index (χ0) is 18.9. The molecule has 5 nitrogen and oxygen atoms in total. The van der Waals surface area contributed by atoms with Gasteiger partial charge in [-0.15, -0.1) is 11.3 Å². The van der Waals surface area contributed by atoms with Gasteiger partial charge in [-0.3, -0.25) is 4.99 Å². The largest absolute Gasteiger partial charge is 0.363 e. The smallest absolute Gasteiger partial charge is 0.163 e. The zero-order valence-electron chi connectivity index (χ0n) is 16.3. The Hall–Kier alpha value is -2.31. The normalized spacial score (nSPS) is 23.0. The molecule has 146 valence electrons. The van der Waals surface area contributed by atoms with Crippen LogP contribution in [0.5, 0.6) is 0 Å². The summed E-state index contributed by atoms with van der Waals surface area (Å²) in [7, 11) is 0. The zero-order valence-corrected chi connectivity index (χ0v) is 17.1. The van der Waals surface area contributed by atoms with Crippen molar-refractivity contribution in [2.45, 2.75) is 32.4 Å². The third-order valence-electron chi connectivity index (χ3n) is 5.75. The molecule has 1 unspecified atom stereocenters. The molecule has 0 amide bonds. The Morgan fingerprint density at radius 2 is 1.96 bits per heavy atom. The number of benzene rings is 1. The van der Waals surface area contributed by atoms with Crippen molar-refractivity contribution in [3.63, 3.8) is 0 Å². The van der Waals surface area contributed by atoms with Gasteiger partial charge in [-0.2, -0.15) is 0 Å². The summed E-state index contributed by atoms with van der Waals surface area (Å²) in [6.45, 7) is 6.51. The van der Waals surface area contributed by atoms with Crippen molar-refractivity contribution in [2.24, 2.45) is 4.99 Å². The highest BCUT2D eigenvalue weighted by Gasteiger charge is 2.36. The molecule has 1 fully saturated rings. The van der Waals surface area contributed by atoms with Gasteiger partial charge in [0.2, 0.25) is 0 Å². The number of amidine groups is 1. The Kier molecular flexibility index (Phi) is 4.82. The fraction of sp³-hybridized carbons (Fsp3) is 0.409. The summed E-state index contributed by atoms with van der Waals surface area (Å²) in [5.41, 5.74) is 3.66. The molecule has 0 saturated carbocycles. The van der Waals surface area contributed by atoms with Crippen LogP contribution in [0, 0.1) is 0 Å². The first-order valence-corrected chi connectivity index (χ1v) is 11.1. The van der Waals surface area contributed by atoms with Crippen LogP contribution in [0.25, 0.3) is 10.4 Å². The fourth-order valence-electron chi connectivity index (χ4n) is 4.25. The average Bonchev–Trinajstić information content (AvgIpc) is 3.33. The Balaban J connectivity index is 1.39. The van der Waals surface area contributed by atoms with Gasteiger partial charge in [-0.05, 0) is 44.5 Å². The van der Waals surface area contributed by atoms with E-state index in [-0.39, 0.29) is 6.17 Å². The minimum absolute atomic E-state index is 0.0797. The summed E-state index contributed by atoms with van der Waals surface area (Å²) in [5, 5.41) is 8.38. The summed E-state index contributed by atoms with van der Waals surface area (Å²) < 4.78 is 0. The minimum Gasteiger partial charge on any atom is -0.363 e. The highest BCUT2D eigenvalue weighted by Crippen LogP contribution is 2.46. The maximum Gasteiger partial charge on any atom is 0.163 e. The van der Waals surface area contributed by atoms with E-state index in [0.717, 1.165) is 24.6 Å². The first-order chi connectivity index (χ1) is 13.8. The van der Waals surface area contributed by atoms with Crippen LogP contribution in [0.4, 0.5) is 10.7 Å². The molecule has 0 aliphatic carbocycles. The summed E-state index contributed by atoms with van der Waals surface area (Å²) >= 11 is 1.84. The monoisotopic (exact) mass is 393 g/mol. The van der Waals surface area contributed by atoms with E-state index in [4.69, 9.17) is 4.99 Å². The molecule has 2 aromatic rings. The summed E-state index contributed by atoms with van der Waals surface area (Å²) in [6.07, 6.45) is 6.22. The van der Waals surface area contributed by atoms with Crippen molar-refractivity contribution in [3.8, 4) is 10.4 Å². The lowest BCUT2D eigenvalue weighted by atomic mass is 10.1. The molecule has 1 atom stereocenters. The van der Waals surface area contributed by atoms with Crippen LogP contribution in [0.1, 0.15) is 26.2 Å². The van der Waals surface area contributed by atoms with E-state index in [0.29, 0.717) is 0 Å². The van der Waals surface area contributed by atoms with E-state index < -0.39 is 0 Å². The second-order valence-electron chi connectivity index (χ2n) is 7.71. The second kappa shape index (κ2) is 7.60. The van der Waals surface area contributed by atoms with Gasteiger partial charge >= 0.3 is 0 Å². The maximum atomic E-state index is 4.97. The quantitative estimate of drug-likeness (QED) is 0.812. The fourth-order valence-corrected chi connectivity index (χ4v) is 5.45. The van der Waals surface area contributed by atoms with Crippen LogP contribution < -0.4 is 15.5 Å². The molecule has 0 bridgehead atoms. The standard InChI is InChI=1S/C22H27N5S/c1-16-15-24-21-20(23-10-13-26-11-6-3-7-12-26)25-18-14-19(28-22(18)27(16)21)17-8-4-2-5-9-17/h2,4-5,8-9,14-15,21,24H,3,6-7,10-13H2,1H3,(H,23,25). The number of anilines is 2. The van der Waals surface area contributed by atoms with Gasteiger partial charge in [-0.25, -0.2) is 0 Å². The Bertz CT molecular complexity index is 895. The molecule has 1 aromatic heterocycles. The topological polar surface area (TPSA) is 42.9 Å². The molecule has 0 radical (unpaired) electrons. The van der Waals surface area contributed by atoms with Crippen molar-refractivity contribution < 1.29 is 0 Å². The number of nitrogens with zero attached hydrogens (tertiary/aromatic N) is 3. The highest BCUT2D eigenvalue weighted by atomic mass is 32.1. The Morgan fingerprint density at radius 1 is 1.14 bits per heavy atom. The lowest BCUT2D eigenvalue weighted by Crippen LogP contribution is -2.49. The van der Waals surface area contributed by atoms with Crippen LogP contribution in [0.15, 0.2) is 53.3 Å². The molecule has 0 spiro atoms. The molecule has 1 saturated heterocycles. The number of nitrogens with one attached hydrogen (secondary N) is 2. The van der Waals surface area contributed by atoms with Gasteiger partial charge in [0.05, 0.1) is 12.2 Å². The minimum atomic E-state index is 0.0797. The summed E-state index contributed by atoms with van der Waals surface area (Å²) in [5.74, 6) is 1.02. The maximum absolute atomic E-state index is 4.97. The molecule has 3 aliphatic heterocycles. The number of allylic oxidation sites excluding steroid dienone is 1. The molecule has 4 heterocycles. The number of hydrogen-bond acceptors (Lipinski definition) is 5. The third kappa shape index (κ3) is 3.31. The predicted molar refractivity (Wildman–Crippen MR) is 119 cm³/mol. The number of fused-ring (bicyclic) bond motifs is 3. The number of hydrogen-bond donors (Lipinski definition) is 2. The average molecular weight is 394 g/mol. The van der Waals surface area contributed by atoms with Crippen LogP contribution >= 0.6 is 11.3 Å². The number of aliphatic imine (C=N–C) groups is 1. The third-order valence-corrected chi connectivity index (χ3v) is 6.93. The molecule has 6 heteroatoms. The van der Waals surface area contributed by atoms with Gasteiger partial charge in [0.1, 0.15) is 10.8 Å². The number of likely N-dealkylation sites (tertiary alicyclic amines) is 1. The first-order valence-electron chi connectivity index (χ1n) is 10.2. The number of rotatable bonds is 4. The van der Waals surface area contributed by atoms with E-state index in [9.17, 15) is 0 Å². The van der Waals surface area contributed by atoms with Gasteiger partial charge in [0.15, 0.2) is 6.17 Å². The van der Waals surface area contributed by atoms with Crippen LogP contribution in [-0.2, 0) is 0 Å². The molecule has 28 heavy (non-hydrogen) atoms. The SMILES string of the molecule is CC1=CNC2C(=NCCN3CCCCC3)Nc3cc(-c4ccccc4)sc3N12. The van der Waals surface area contributed by atoms with Crippen molar-refractivity contribution in [2.75, 3.05) is 36.4 Å². The molecular formula is C22H27N5S. The molecule has 2 N–H and O–H groups in total. The van der Waals surface area contributed by atoms with Gasteiger partial charge < -0.3 is 20.4 Å². The summed E-state index contributed by atoms with van der Waals surface area (Å²) in [4.78, 5) is 11.2. The molecule has 3 aliphatic rings. The van der Waals surface area contributed by atoms with Crippen molar-refractivity contribution in [1.82, 2.24) is 10.2 Å². The molecule has 1 aromatic carbocycles. The second-order valence-corrected chi connectivity index (χ2v) is 8.75. The van der Waals surface area contributed by atoms with E-state index in [2.05, 4.69) is 70.0 Å². The van der Waals surface area contributed by atoms with Crippen molar-refractivity contribution >= 4 is 27.9 Å². The Morgan fingerprint density at radius 3 is 2.79 bits per heavy atom. The molecule has 5 rings (SSSR count). The summed E-state index contributed by atoms with van der Waals surface area (Å²) in [6, 6.07) is 12.9. The van der Waals surface area contributed by atoms with Gasteiger partial charge in [-0.1, -0.05) is 36.8 Å². The number of piperidine rings is 1. The first kappa shape index (κ1) is 17.8. The van der Waals surface area contributed by atoms with E-state index in [1.54, 1.807) is 0 Å². The van der Waals surface area contributed by atoms with E-state index in [1.165, 1.54) is 53.5 Å². The van der Waals surface area contributed by atoms with Crippen molar-refractivity contribution in [1.29, 1.82) is 0 Å². The van der Waals surface area contributed by atoms with Gasteiger partial charge in [0, 0.05) is 23.3 Å². The molecular weight excluding hydrogens is 366 g/mol. The lowest BCUT2D eigenvalue weighted by Gasteiger charge is -2.34. The van der Waals surface area contributed by atoms with E-state index in [1.807, 2.05) is 11.3 Å². The van der Waals surface area contributed by atoms with Crippen LogP contribution in [0.2, 0.25) is 0 Å². The number of thiophene rings is 1. The van der Waals surface area contributed by atoms with E-state index >= 15 is 0 Å².